The van der Waals surface area contributed by atoms with Crippen LogP contribution in [0.3, 0.4) is 0 Å². The Hall–Kier alpha value is -0.840. The number of amides is 1. The number of hydrogen-bond donors (Lipinski definition) is 1. The zero-order valence-electron chi connectivity index (χ0n) is 13.2. The summed E-state index contributed by atoms with van der Waals surface area (Å²) in [5.74, 6) is 1.08. The van der Waals surface area contributed by atoms with Gasteiger partial charge in [-0.3, -0.25) is 9.78 Å². The molecule has 1 aliphatic heterocycles. The van der Waals surface area contributed by atoms with Crippen LogP contribution in [0, 0.1) is 5.92 Å². The number of hydrogen-bond acceptors (Lipinski definition) is 3. The number of nitrogens with zero attached hydrogens (tertiary/aromatic N) is 2. The minimum atomic E-state index is 0. The van der Waals surface area contributed by atoms with Gasteiger partial charge in [-0.05, 0) is 62.9 Å². The lowest BCUT2D eigenvalue weighted by molar-refractivity contribution is -0.132. The van der Waals surface area contributed by atoms with Crippen molar-refractivity contribution in [1.29, 1.82) is 0 Å². The second kappa shape index (κ2) is 11.7. The Labute approximate surface area is 145 Å². The Balaban J connectivity index is 0.00000220. The number of piperidine rings is 1. The first-order valence-electron chi connectivity index (χ1n) is 7.61. The molecule has 6 heteroatoms. The van der Waals surface area contributed by atoms with E-state index >= 15 is 0 Å². The SMILES string of the molecule is CNCCC1CCN(C(=O)CCc2ccncc2)CC1.Cl.Cl. The molecule has 4 nitrogen and oxygen atoms in total. The van der Waals surface area contributed by atoms with Gasteiger partial charge in [0.1, 0.15) is 0 Å². The summed E-state index contributed by atoms with van der Waals surface area (Å²) in [5, 5.41) is 3.20. The van der Waals surface area contributed by atoms with Crippen molar-refractivity contribution in [2.24, 2.45) is 5.92 Å². The van der Waals surface area contributed by atoms with Crippen molar-refractivity contribution in [1.82, 2.24) is 15.2 Å². The van der Waals surface area contributed by atoms with Gasteiger partial charge in [0.2, 0.25) is 5.91 Å². The third kappa shape index (κ3) is 6.95. The largest absolute Gasteiger partial charge is 0.343 e. The fourth-order valence-corrected chi connectivity index (χ4v) is 2.78. The van der Waals surface area contributed by atoms with E-state index in [1.165, 1.54) is 12.0 Å². The van der Waals surface area contributed by atoms with Gasteiger partial charge in [-0.25, -0.2) is 0 Å². The Morgan fingerprint density at radius 1 is 1.27 bits per heavy atom. The second-order valence-electron chi connectivity index (χ2n) is 5.57. The number of aromatic nitrogens is 1. The topological polar surface area (TPSA) is 45.2 Å². The van der Waals surface area contributed by atoms with E-state index in [1.807, 2.05) is 24.1 Å². The first-order chi connectivity index (χ1) is 9.79. The summed E-state index contributed by atoms with van der Waals surface area (Å²) in [6.07, 6.45) is 8.55. The smallest absolute Gasteiger partial charge is 0.222 e. The molecule has 0 radical (unpaired) electrons. The summed E-state index contributed by atoms with van der Waals surface area (Å²) < 4.78 is 0. The molecule has 1 aromatic rings. The van der Waals surface area contributed by atoms with E-state index < -0.39 is 0 Å². The summed E-state index contributed by atoms with van der Waals surface area (Å²) in [6, 6.07) is 3.97. The van der Waals surface area contributed by atoms with Crippen LogP contribution in [0.15, 0.2) is 24.5 Å². The molecule has 0 saturated carbocycles. The van der Waals surface area contributed by atoms with E-state index in [1.54, 1.807) is 12.4 Å². The first-order valence-corrected chi connectivity index (χ1v) is 7.61. The van der Waals surface area contributed by atoms with Crippen LogP contribution in [0.25, 0.3) is 0 Å². The Morgan fingerprint density at radius 3 is 2.50 bits per heavy atom. The molecule has 2 rings (SSSR count). The number of rotatable bonds is 6. The number of likely N-dealkylation sites (tertiary alicyclic amines) is 1. The Kier molecular flexibility index (Phi) is 11.2. The van der Waals surface area contributed by atoms with E-state index in [-0.39, 0.29) is 24.8 Å². The average Bonchev–Trinajstić information content (AvgIpc) is 2.52. The van der Waals surface area contributed by atoms with Crippen LogP contribution in [0.1, 0.15) is 31.2 Å². The zero-order valence-corrected chi connectivity index (χ0v) is 14.8. The molecular weight excluding hydrogens is 321 g/mol. The predicted octanol–water partition coefficient (Wildman–Crippen LogP) is 2.71. The highest BCUT2D eigenvalue weighted by atomic mass is 35.5. The Morgan fingerprint density at radius 2 is 1.91 bits per heavy atom. The van der Waals surface area contributed by atoms with E-state index in [0.717, 1.165) is 44.8 Å². The number of carbonyl (C=O) groups excluding carboxylic acids is 1. The summed E-state index contributed by atoms with van der Waals surface area (Å²) >= 11 is 0. The van der Waals surface area contributed by atoms with Gasteiger partial charge in [0, 0.05) is 31.9 Å². The highest BCUT2D eigenvalue weighted by molar-refractivity contribution is 5.85. The van der Waals surface area contributed by atoms with Gasteiger partial charge in [0.15, 0.2) is 0 Å². The van der Waals surface area contributed by atoms with Gasteiger partial charge in [0.25, 0.3) is 0 Å². The van der Waals surface area contributed by atoms with E-state index in [0.29, 0.717) is 12.3 Å². The second-order valence-corrected chi connectivity index (χ2v) is 5.57. The van der Waals surface area contributed by atoms with Crippen LogP contribution in [0.2, 0.25) is 0 Å². The van der Waals surface area contributed by atoms with E-state index in [4.69, 9.17) is 0 Å². The van der Waals surface area contributed by atoms with Crippen molar-refractivity contribution in [3.63, 3.8) is 0 Å². The predicted molar refractivity (Wildman–Crippen MR) is 94.9 cm³/mol. The standard InChI is InChI=1S/C16H25N3O.2ClH/c1-17-9-4-15-7-12-19(13-8-15)16(20)3-2-14-5-10-18-11-6-14;;/h5-6,10-11,15,17H,2-4,7-9,12-13H2,1H3;2*1H. The summed E-state index contributed by atoms with van der Waals surface area (Å²) in [7, 11) is 2.00. The molecule has 0 aliphatic carbocycles. The normalized spacial score (nSPS) is 14.9. The molecule has 1 amide bonds. The molecule has 1 aliphatic rings. The molecule has 2 heterocycles. The maximum Gasteiger partial charge on any atom is 0.222 e. The van der Waals surface area contributed by atoms with Gasteiger partial charge in [-0.1, -0.05) is 0 Å². The van der Waals surface area contributed by atoms with Crippen molar-refractivity contribution in [2.45, 2.75) is 32.1 Å². The van der Waals surface area contributed by atoms with Crippen LogP contribution in [-0.4, -0.2) is 42.5 Å². The molecule has 22 heavy (non-hydrogen) atoms. The summed E-state index contributed by atoms with van der Waals surface area (Å²) in [4.78, 5) is 18.2. The zero-order chi connectivity index (χ0) is 14.2. The van der Waals surface area contributed by atoms with Gasteiger partial charge >= 0.3 is 0 Å². The number of aryl methyl sites for hydroxylation is 1. The third-order valence-corrected chi connectivity index (χ3v) is 4.15. The van der Waals surface area contributed by atoms with E-state index in [2.05, 4.69) is 10.3 Å². The maximum absolute atomic E-state index is 12.2. The molecule has 0 bridgehead atoms. The fraction of sp³-hybridized carbons (Fsp3) is 0.625. The molecule has 0 atom stereocenters. The average molecular weight is 348 g/mol. The van der Waals surface area contributed by atoms with Crippen LogP contribution < -0.4 is 5.32 Å². The number of halogens is 2. The number of nitrogens with one attached hydrogen (secondary N) is 1. The maximum atomic E-state index is 12.2. The molecule has 0 unspecified atom stereocenters. The van der Waals surface area contributed by atoms with Crippen molar-refractivity contribution in [2.75, 3.05) is 26.7 Å². The molecule has 126 valence electrons. The van der Waals surface area contributed by atoms with Crippen molar-refractivity contribution in [3.05, 3.63) is 30.1 Å². The lowest BCUT2D eigenvalue weighted by atomic mass is 9.93. The van der Waals surface area contributed by atoms with Crippen molar-refractivity contribution < 1.29 is 4.79 Å². The molecule has 1 N–H and O–H groups in total. The molecule has 1 fully saturated rings. The van der Waals surface area contributed by atoms with Gasteiger partial charge in [-0.2, -0.15) is 0 Å². The number of pyridine rings is 1. The Bertz CT molecular complexity index is 409. The van der Waals surface area contributed by atoms with Gasteiger partial charge < -0.3 is 10.2 Å². The molecule has 0 aromatic carbocycles. The van der Waals surface area contributed by atoms with Crippen LogP contribution in [-0.2, 0) is 11.2 Å². The molecule has 1 saturated heterocycles. The summed E-state index contributed by atoms with van der Waals surface area (Å²) in [6.45, 7) is 2.95. The highest BCUT2D eigenvalue weighted by Crippen LogP contribution is 2.20. The quantitative estimate of drug-likeness (QED) is 0.860. The minimum Gasteiger partial charge on any atom is -0.343 e. The third-order valence-electron chi connectivity index (χ3n) is 4.15. The van der Waals surface area contributed by atoms with Crippen LogP contribution in [0.5, 0.6) is 0 Å². The fourth-order valence-electron chi connectivity index (χ4n) is 2.78. The van der Waals surface area contributed by atoms with Gasteiger partial charge in [-0.15, -0.1) is 24.8 Å². The molecule has 0 spiro atoms. The van der Waals surface area contributed by atoms with Crippen LogP contribution in [0.4, 0.5) is 0 Å². The minimum absolute atomic E-state index is 0. The van der Waals surface area contributed by atoms with Crippen molar-refractivity contribution in [3.8, 4) is 0 Å². The lowest BCUT2D eigenvalue weighted by Crippen LogP contribution is -2.39. The number of carbonyl (C=O) groups is 1. The van der Waals surface area contributed by atoms with Crippen LogP contribution >= 0.6 is 24.8 Å². The summed E-state index contributed by atoms with van der Waals surface area (Å²) in [5.41, 5.74) is 1.19. The monoisotopic (exact) mass is 347 g/mol. The molecular formula is C16H27Cl2N3O. The molecule has 1 aromatic heterocycles. The van der Waals surface area contributed by atoms with E-state index in [9.17, 15) is 4.79 Å². The first kappa shape index (κ1) is 21.2. The van der Waals surface area contributed by atoms with Crippen molar-refractivity contribution >= 4 is 30.7 Å². The highest BCUT2D eigenvalue weighted by Gasteiger charge is 2.21. The van der Waals surface area contributed by atoms with Gasteiger partial charge in [0.05, 0.1) is 0 Å². The lowest BCUT2D eigenvalue weighted by Gasteiger charge is -2.32.